The van der Waals surface area contributed by atoms with Gasteiger partial charge in [-0.15, -0.1) is 0 Å². The third kappa shape index (κ3) is 2.86. The van der Waals surface area contributed by atoms with Gasteiger partial charge in [0, 0.05) is 4.47 Å². The zero-order valence-electron chi connectivity index (χ0n) is 10.4. The van der Waals surface area contributed by atoms with Crippen molar-refractivity contribution in [2.24, 2.45) is 5.41 Å². The molecule has 0 aliphatic heterocycles. The second-order valence-corrected chi connectivity index (χ2v) is 5.51. The Balaban J connectivity index is 1.95. The summed E-state index contributed by atoms with van der Waals surface area (Å²) in [6.45, 7) is 2.67. The minimum Gasteiger partial charge on any atom is -0.492 e. The number of carbonyl (C=O) groups excluding carboxylic acids is 1. The molecule has 98 valence electrons. The van der Waals surface area contributed by atoms with Gasteiger partial charge in [-0.1, -0.05) is 22.4 Å². The van der Waals surface area contributed by atoms with Crippen LogP contribution in [0.1, 0.15) is 26.2 Å². The summed E-state index contributed by atoms with van der Waals surface area (Å²) in [4.78, 5) is 11.9. The van der Waals surface area contributed by atoms with Crippen LogP contribution in [0.4, 0.5) is 0 Å². The number of ether oxygens (including phenoxy) is 2. The number of carbonyl (C=O) groups is 1. The summed E-state index contributed by atoms with van der Waals surface area (Å²) in [7, 11) is 0. The average molecular weight is 313 g/mol. The Hall–Kier alpha value is -1.03. The van der Waals surface area contributed by atoms with Crippen molar-refractivity contribution in [3.63, 3.8) is 0 Å². The van der Waals surface area contributed by atoms with Gasteiger partial charge in [-0.05, 0) is 44.0 Å². The molecule has 0 radical (unpaired) electrons. The molecule has 4 heteroatoms. The van der Waals surface area contributed by atoms with E-state index in [9.17, 15) is 4.79 Å². The number of hydrogen-bond acceptors (Lipinski definition) is 3. The third-order valence-corrected chi connectivity index (χ3v) is 3.88. The summed E-state index contributed by atoms with van der Waals surface area (Å²) in [5.74, 6) is 0.669. The van der Waals surface area contributed by atoms with Gasteiger partial charge >= 0.3 is 5.97 Å². The quantitative estimate of drug-likeness (QED) is 0.780. The van der Waals surface area contributed by atoms with Crippen LogP contribution in [-0.2, 0) is 9.53 Å². The maximum atomic E-state index is 11.9. The van der Waals surface area contributed by atoms with E-state index in [4.69, 9.17) is 9.47 Å². The van der Waals surface area contributed by atoms with E-state index in [1.54, 1.807) is 0 Å². The van der Waals surface area contributed by atoms with E-state index in [2.05, 4.69) is 15.9 Å². The molecule has 1 fully saturated rings. The van der Waals surface area contributed by atoms with Crippen molar-refractivity contribution in [2.45, 2.75) is 26.2 Å². The summed E-state index contributed by atoms with van der Waals surface area (Å²) in [6, 6.07) is 7.63. The molecule has 0 atom stereocenters. The smallest absolute Gasteiger partial charge is 0.315 e. The summed E-state index contributed by atoms with van der Waals surface area (Å²) >= 11 is 3.37. The lowest BCUT2D eigenvalue weighted by atomic mass is 9.69. The molecule has 2 rings (SSSR count). The number of rotatable bonds is 5. The van der Waals surface area contributed by atoms with Gasteiger partial charge in [-0.2, -0.15) is 0 Å². The molecule has 1 aromatic carbocycles. The Bertz CT molecular complexity index is 410. The standard InChI is InChI=1S/C14H17BrO3/c1-2-17-13(16)14(8-3-9-14)10-18-12-6-4-11(15)5-7-12/h4-7H,2-3,8-10H2,1H3. The van der Waals surface area contributed by atoms with E-state index >= 15 is 0 Å². The van der Waals surface area contributed by atoms with Gasteiger partial charge in [0.05, 0.1) is 6.61 Å². The van der Waals surface area contributed by atoms with Crippen molar-refractivity contribution in [1.82, 2.24) is 0 Å². The van der Waals surface area contributed by atoms with Gasteiger partial charge in [0.2, 0.25) is 0 Å². The molecule has 0 N–H and O–H groups in total. The highest BCUT2D eigenvalue weighted by Gasteiger charge is 2.46. The van der Waals surface area contributed by atoms with Crippen LogP contribution >= 0.6 is 15.9 Å². The lowest BCUT2D eigenvalue weighted by Gasteiger charge is -2.38. The van der Waals surface area contributed by atoms with E-state index in [1.807, 2.05) is 31.2 Å². The van der Waals surface area contributed by atoms with Crippen molar-refractivity contribution in [3.05, 3.63) is 28.7 Å². The zero-order valence-corrected chi connectivity index (χ0v) is 12.0. The molecule has 0 unspecified atom stereocenters. The van der Waals surface area contributed by atoms with Gasteiger partial charge in [-0.25, -0.2) is 0 Å². The predicted molar refractivity (Wildman–Crippen MR) is 72.6 cm³/mol. The van der Waals surface area contributed by atoms with Gasteiger partial charge in [0.1, 0.15) is 17.8 Å². The number of hydrogen-bond donors (Lipinski definition) is 0. The van der Waals surface area contributed by atoms with E-state index in [0.29, 0.717) is 13.2 Å². The highest BCUT2D eigenvalue weighted by atomic mass is 79.9. The zero-order chi connectivity index (χ0) is 13.0. The normalized spacial score (nSPS) is 16.8. The largest absolute Gasteiger partial charge is 0.492 e. The molecule has 1 saturated carbocycles. The summed E-state index contributed by atoms with van der Waals surface area (Å²) < 4.78 is 11.9. The molecule has 0 amide bonds. The predicted octanol–water partition coefficient (Wildman–Crippen LogP) is 3.56. The highest BCUT2D eigenvalue weighted by Crippen LogP contribution is 2.42. The van der Waals surface area contributed by atoms with Crippen molar-refractivity contribution >= 4 is 21.9 Å². The van der Waals surface area contributed by atoms with Crippen LogP contribution in [-0.4, -0.2) is 19.2 Å². The maximum absolute atomic E-state index is 11.9. The molecule has 0 aromatic heterocycles. The van der Waals surface area contributed by atoms with Crippen molar-refractivity contribution in [3.8, 4) is 5.75 Å². The van der Waals surface area contributed by atoms with Gasteiger partial charge in [-0.3, -0.25) is 4.79 Å². The lowest BCUT2D eigenvalue weighted by Crippen LogP contribution is -2.44. The van der Waals surface area contributed by atoms with Gasteiger partial charge in [0.25, 0.3) is 0 Å². The lowest BCUT2D eigenvalue weighted by molar-refractivity contribution is -0.163. The molecular formula is C14H17BrO3. The fourth-order valence-electron chi connectivity index (χ4n) is 2.05. The Kier molecular flexibility index (Phi) is 4.27. The Morgan fingerprint density at radius 2 is 2.00 bits per heavy atom. The molecule has 18 heavy (non-hydrogen) atoms. The fourth-order valence-corrected chi connectivity index (χ4v) is 2.31. The molecule has 0 spiro atoms. The van der Waals surface area contributed by atoms with Crippen LogP contribution in [0.5, 0.6) is 5.75 Å². The van der Waals surface area contributed by atoms with E-state index in [0.717, 1.165) is 29.5 Å². The van der Waals surface area contributed by atoms with Gasteiger partial charge < -0.3 is 9.47 Å². The first kappa shape index (κ1) is 13.4. The molecule has 3 nitrogen and oxygen atoms in total. The first-order chi connectivity index (χ1) is 8.66. The van der Waals surface area contributed by atoms with Crippen molar-refractivity contribution < 1.29 is 14.3 Å². The van der Waals surface area contributed by atoms with Gasteiger partial charge in [0.15, 0.2) is 0 Å². The van der Waals surface area contributed by atoms with Crippen LogP contribution in [0, 0.1) is 5.41 Å². The molecule has 0 heterocycles. The fraction of sp³-hybridized carbons (Fsp3) is 0.500. The SMILES string of the molecule is CCOC(=O)C1(COc2ccc(Br)cc2)CCC1. The first-order valence-electron chi connectivity index (χ1n) is 6.22. The minimum atomic E-state index is -0.414. The summed E-state index contributed by atoms with van der Waals surface area (Å²) in [5.41, 5.74) is -0.414. The van der Waals surface area contributed by atoms with E-state index < -0.39 is 5.41 Å². The minimum absolute atomic E-state index is 0.117. The summed E-state index contributed by atoms with van der Waals surface area (Å²) in [5, 5.41) is 0. The number of esters is 1. The monoisotopic (exact) mass is 312 g/mol. The van der Waals surface area contributed by atoms with Crippen LogP contribution in [0.15, 0.2) is 28.7 Å². The molecule has 0 saturated heterocycles. The van der Waals surface area contributed by atoms with Crippen LogP contribution in [0.2, 0.25) is 0 Å². The second kappa shape index (κ2) is 5.74. The van der Waals surface area contributed by atoms with Crippen molar-refractivity contribution in [1.29, 1.82) is 0 Å². The third-order valence-electron chi connectivity index (χ3n) is 3.35. The molecular weight excluding hydrogens is 296 g/mol. The molecule has 0 bridgehead atoms. The van der Waals surface area contributed by atoms with Crippen LogP contribution < -0.4 is 4.74 Å². The van der Waals surface area contributed by atoms with E-state index in [1.165, 1.54) is 0 Å². The number of halogens is 1. The van der Waals surface area contributed by atoms with E-state index in [-0.39, 0.29) is 5.97 Å². The Morgan fingerprint density at radius 1 is 1.33 bits per heavy atom. The molecule has 1 aliphatic carbocycles. The average Bonchev–Trinajstić information content (AvgIpc) is 2.30. The first-order valence-corrected chi connectivity index (χ1v) is 7.01. The van der Waals surface area contributed by atoms with Crippen LogP contribution in [0.25, 0.3) is 0 Å². The number of benzene rings is 1. The van der Waals surface area contributed by atoms with Crippen LogP contribution in [0.3, 0.4) is 0 Å². The maximum Gasteiger partial charge on any atom is 0.315 e. The highest BCUT2D eigenvalue weighted by molar-refractivity contribution is 9.10. The second-order valence-electron chi connectivity index (χ2n) is 4.60. The Morgan fingerprint density at radius 3 is 2.50 bits per heavy atom. The Labute approximate surface area is 116 Å². The van der Waals surface area contributed by atoms with Crippen molar-refractivity contribution in [2.75, 3.05) is 13.2 Å². The molecule has 1 aromatic rings. The summed E-state index contributed by atoms with van der Waals surface area (Å²) in [6.07, 6.45) is 2.80. The molecule has 1 aliphatic rings. The topological polar surface area (TPSA) is 35.5 Å².